The van der Waals surface area contributed by atoms with Crippen molar-refractivity contribution in [2.24, 2.45) is 7.05 Å². The molecule has 0 saturated heterocycles. The molecule has 8 nitrogen and oxygen atoms in total. The van der Waals surface area contributed by atoms with Crippen LogP contribution in [0, 0.1) is 0 Å². The van der Waals surface area contributed by atoms with Gasteiger partial charge in [0.25, 0.3) is 0 Å². The topological polar surface area (TPSA) is 91.0 Å². The zero-order valence-corrected chi connectivity index (χ0v) is 13.7. The van der Waals surface area contributed by atoms with E-state index >= 15 is 0 Å². The third-order valence-corrected chi connectivity index (χ3v) is 4.17. The van der Waals surface area contributed by atoms with Crippen LogP contribution in [-0.4, -0.2) is 31.3 Å². The van der Waals surface area contributed by atoms with Crippen molar-refractivity contribution < 1.29 is 9.63 Å². The lowest BCUT2D eigenvalue weighted by atomic mass is 10.0. The van der Waals surface area contributed by atoms with Gasteiger partial charge in [0.1, 0.15) is 6.61 Å². The molecule has 0 unspecified atom stereocenters. The Morgan fingerprint density at radius 3 is 2.83 bits per heavy atom. The number of nitrogens with one attached hydrogen (secondary N) is 1. The van der Waals surface area contributed by atoms with Crippen LogP contribution in [0.15, 0.2) is 23.0 Å². The van der Waals surface area contributed by atoms with Crippen LogP contribution in [0.2, 0.25) is 0 Å². The van der Waals surface area contributed by atoms with E-state index in [1.54, 1.807) is 19.4 Å². The van der Waals surface area contributed by atoms with Gasteiger partial charge in [0.15, 0.2) is 0 Å². The van der Waals surface area contributed by atoms with E-state index in [9.17, 15) is 9.59 Å². The lowest BCUT2D eigenvalue weighted by molar-refractivity contribution is 0.0571. The maximum atomic E-state index is 12.1. The average Bonchev–Trinajstić information content (AvgIpc) is 3.35. The number of tetrazole rings is 1. The predicted molar refractivity (Wildman–Crippen MR) is 85.4 cm³/mol. The minimum Gasteiger partial charge on any atom is -0.268 e. The molecule has 23 heavy (non-hydrogen) atoms. The zero-order chi connectivity index (χ0) is 16.4. The van der Waals surface area contributed by atoms with Gasteiger partial charge >= 0.3 is 10.9 Å². The van der Waals surface area contributed by atoms with Gasteiger partial charge in [-0.3, -0.25) is 9.63 Å². The van der Waals surface area contributed by atoms with E-state index in [1.165, 1.54) is 9.36 Å². The first-order valence-electron chi connectivity index (χ1n) is 7.18. The number of rotatable bonds is 5. The van der Waals surface area contributed by atoms with Crippen LogP contribution in [0.4, 0.5) is 4.79 Å². The van der Waals surface area contributed by atoms with Crippen LogP contribution in [0.3, 0.4) is 0 Å². The highest BCUT2D eigenvalue weighted by atomic mass is 32.2. The van der Waals surface area contributed by atoms with Gasteiger partial charge < -0.3 is 0 Å². The normalized spacial score (nSPS) is 14.0. The smallest absolute Gasteiger partial charge is 0.268 e. The summed E-state index contributed by atoms with van der Waals surface area (Å²) in [7, 11) is 1.55. The van der Waals surface area contributed by atoms with Gasteiger partial charge in [0.05, 0.1) is 5.69 Å². The summed E-state index contributed by atoms with van der Waals surface area (Å²) in [5, 5.41) is 7.37. The molecular weight excluding hydrogens is 318 g/mol. The lowest BCUT2D eigenvalue weighted by Gasteiger charge is -2.13. The number of amides is 1. The molecule has 1 aliphatic rings. The van der Waals surface area contributed by atoms with Gasteiger partial charge in [0, 0.05) is 12.6 Å². The van der Waals surface area contributed by atoms with E-state index in [1.807, 2.05) is 12.1 Å². The second-order valence-electron chi connectivity index (χ2n) is 5.30. The largest absolute Gasteiger partial charge is 0.368 e. The molecule has 122 valence electrons. The van der Waals surface area contributed by atoms with Crippen LogP contribution in [-0.2, 0) is 18.5 Å². The van der Waals surface area contributed by atoms with Crippen molar-refractivity contribution in [2.75, 3.05) is 6.26 Å². The van der Waals surface area contributed by atoms with Crippen molar-refractivity contribution in [1.82, 2.24) is 25.3 Å². The first-order valence-corrected chi connectivity index (χ1v) is 8.41. The molecule has 0 bridgehead atoms. The Morgan fingerprint density at radius 2 is 2.22 bits per heavy atom. The molecule has 3 rings (SSSR count). The number of thioether (sulfide) groups is 1. The summed E-state index contributed by atoms with van der Waals surface area (Å²) < 4.78 is 2.42. The maximum absolute atomic E-state index is 12.1. The number of carbonyl (C=O) groups excluding carboxylic acids is 1. The highest BCUT2D eigenvalue weighted by Crippen LogP contribution is 2.42. The summed E-state index contributed by atoms with van der Waals surface area (Å²) >= 11 is 1.03. The fourth-order valence-electron chi connectivity index (χ4n) is 2.40. The summed E-state index contributed by atoms with van der Waals surface area (Å²) in [5.74, 6) is 0.470. The Hall–Kier alpha value is -2.13. The Bertz CT molecular complexity index is 781. The molecule has 2 aromatic rings. The van der Waals surface area contributed by atoms with Crippen LogP contribution in [0.1, 0.15) is 29.9 Å². The predicted octanol–water partition coefficient (Wildman–Crippen LogP) is 1.35. The van der Waals surface area contributed by atoms with Gasteiger partial charge in [-0.15, -0.1) is 0 Å². The quantitative estimate of drug-likeness (QED) is 0.829. The molecule has 0 spiro atoms. The summed E-state index contributed by atoms with van der Waals surface area (Å²) in [5.41, 5.74) is 4.64. The maximum Gasteiger partial charge on any atom is 0.368 e. The molecule has 1 aromatic heterocycles. The SMILES string of the molecule is CSC(=O)NOCc1c(C2CC2)cccc1-n1nnn(C)c1=O. The summed E-state index contributed by atoms with van der Waals surface area (Å²) in [6, 6.07) is 5.72. The van der Waals surface area contributed by atoms with Crippen molar-refractivity contribution in [3.8, 4) is 5.69 Å². The molecule has 1 heterocycles. The standard InChI is InChI=1S/C14H17N5O3S/c1-18-14(21)19(17-16-18)12-5-3-4-10(9-6-7-9)11(12)8-22-15-13(20)23-2/h3-5,9H,6-8H2,1-2H3,(H,15,20). The number of aryl methyl sites for hydroxylation is 1. The van der Waals surface area contributed by atoms with Gasteiger partial charge in [-0.1, -0.05) is 23.9 Å². The fourth-order valence-corrected chi connectivity index (χ4v) is 2.54. The minimum absolute atomic E-state index is 0.164. The van der Waals surface area contributed by atoms with E-state index in [-0.39, 0.29) is 17.5 Å². The molecule has 9 heteroatoms. The van der Waals surface area contributed by atoms with Crippen molar-refractivity contribution in [3.05, 3.63) is 39.8 Å². The van der Waals surface area contributed by atoms with Crippen LogP contribution in [0.5, 0.6) is 0 Å². The van der Waals surface area contributed by atoms with Crippen molar-refractivity contribution >= 4 is 17.0 Å². The molecule has 1 aromatic carbocycles. The first kappa shape index (κ1) is 15.8. The van der Waals surface area contributed by atoms with Gasteiger partial charge in [-0.05, 0) is 47.1 Å². The number of carbonyl (C=O) groups is 1. The molecule has 0 atom stereocenters. The highest BCUT2D eigenvalue weighted by Gasteiger charge is 2.28. The number of aromatic nitrogens is 4. The molecule has 1 amide bonds. The van der Waals surface area contributed by atoms with Crippen molar-refractivity contribution in [2.45, 2.75) is 25.4 Å². The molecular formula is C14H17N5O3S. The average molecular weight is 335 g/mol. The number of hydroxylamine groups is 1. The number of nitrogens with zero attached hydrogens (tertiary/aromatic N) is 4. The number of hydrogen-bond acceptors (Lipinski definition) is 6. The minimum atomic E-state index is -0.327. The summed E-state index contributed by atoms with van der Waals surface area (Å²) in [6.07, 6.45) is 3.90. The Kier molecular flexibility index (Phi) is 4.49. The van der Waals surface area contributed by atoms with Gasteiger partial charge in [-0.25, -0.2) is 10.3 Å². The Labute approximate surface area is 136 Å². The molecule has 1 fully saturated rings. The molecule has 1 N–H and O–H groups in total. The zero-order valence-electron chi connectivity index (χ0n) is 12.9. The Morgan fingerprint density at radius 1 is 1.43 bits per heavy atom. The van der Waals surface area contributed by atoms with E-state index in [4.69, 9.17) is 4.84 Å². The number of hydrogen-bond donors (Lipinski definition) is 1. The monoisotopic (exact) mass is 335 g/mol. The van der Waals surface area contributed by atoms with Crippen molar-refractivity contribution in [3.63, 3.8) is 0 Å². The van der Waals surface area contributed by atoms with Crippen LogP contribution < -0.4 is 11.2 Å². The van der Waals surface area contributed by atoms with E-state index in [0.29, 0.717) is 11.6 Å². The highest BCUT2D eigenvalue weighted by molar-refractivity contribution is 8.12. The number of benzene rings is 1. The lowest BCUT2D eigenvalue weighted by Crippen LogP contribution is -2.24. The molecule has 1 saturated carbocycles. The van der Waals surface area contributed by atoms with Gasteiger partial charge in [0.2, 0.25) is 0 Å². The first-order chi connectivity index (χ1) is 11.1. The molecule has 1 aliphatic carbocycles. The third-order valence-electron chi connectivity index (χ3n) is 3.71. The van der Waals surface area contributed by atoms with Crippen LogP contribution >= 0.6 is 11.8 Å². The Balaban J connectivity index is 1.95. The molecule has 0 aliphatic heterocycles. The fraction of sp³-hybridized carbons (Fsp3) is 0.429. The van der Waals surface area contributed by atoms with E-state index in [2.05, 4.69) is 15.9 Å². The molecule has 0 radical (unpaired) electrons. The van der Waals surface area contributed by atoms with Crippen molar-refractivity contribution in [1.29, 1.82) is 0 Å². The van der Waals surface area contributed by atoms with Crippen LogP contribution in [0.25, 0.3) is 5.69 Å². The van der Waals surface area contributed by atoms with Gasteiger partial charge in [-0.2, -0.15) is 9.36 Å². The van der Waals surface area contributed by atoms with E-state index in [0.717, 1.165) is 35.7 Å². The summed E-state index contributed by atoms with van der Waals surface area (Å²) in [4.78, 5) is 28.7. The third kappa shape index (κ3) is 3.30. The summed E-state index contributed by atoms with van der Waals surface area (Å²) in [6.45, 7) is 0.164. The second-order valence-corrected chi connectivity index (χ2v) is 6.08. The second kappa shape index (κ2) is 6.55. The van der Waals surface area contributed by atoms with E-state index < -0.39 is 0 Å².